The highest BCUT2D eigenvalue weighted by Crippen LogP contribution is 2.16. The first kappa shape index (κ1) is 9.65. The van der Waals surface area contributed by atoms with Crippen LogP contribution < -0.4 is 0 Å². The molecule has 0 fully saturated rings. The minimum absolute atomic E-state index is 0.624. The van der Waals surface area contributed by atoms with Gasteiger partial charge in [-0.05, 0) is 24.3 Å². The van der Waals surface area contributed by atoms with Gasteiger partial charge in [0.1, 0.15) is 5.69 Å². The highest BCUT2D eigenvalue weighted by atomic mass is 15.2. The molecule has 3 rings (SSSR count). The second kappa shape index (κ2) is 4.13. The number of aromatic amines is 1. The SMILES string of the molecule is c1ccc(-c2nc(-c3cccnc3)n[nH]2)nc1. The molecule has 0 aliphatic carbocycles. The van der Waals surface area contributed by atoms with Crippen LogP contribution in [0, 0.1) is 0 Å². The van der Waals surface area contributed by atoms with Crippen LogP contribution in [0.25, 0.3) is 22.9 Å². The van der Waals surface area contributed by atoms with Gasteiger partial charge in [0.25, 0.3) is 0 Å². The fourth-order valence-electron chi connectivity index (χ4n) is 1.50. The lowest BCUT2D eigenvalue weighted by Crippen LogP contribution is -1.84. The second-order valence-electron chi connectivity index (χ2n) is 3.46. The normalized spacial score (nSPS) is 10.4. The van der Waals surface area contributed by atoms with Crippen molar-refractivity contribution in [2.45, 2.75) is 0 Å². The molecule has 0 saturated heterocycles. The molecule has 0 unspecified atom stereocenters. The summed E-state index contributed by atoms with van der Waals surface area (Å²) in [4.78, 5) is 12.6. The number of nitrogens with one attached hydrogen (secondary N) is 1. The Bertz CT molecular complexity index is 549. The summed E-state index contributed by atoms with van der Waals surface area (Å²) >= 11 is 0. The highest BCUT2D eigenvalue weighted by Gasteiger charge is 2.07. The predicted octanol–water partition coefficient (Wildman–Crippen LogP) is 1.93. The maximum absolute atomic E-state index is 4.38. The molecule has 0 aliphatic rings. The van der Waals surface area contributed by atoms with E-state index in [1.54, 1.807) is 18.6 Å². The number of H-pyrrole nitrogens is 1. The van der Waals surface area contributed by atoms with E-state index in [1.807, 2.05) is 30.3 Å². The van der Waals surface area contributed by atoms with Crippen molar-refractivity contribution >= 4 is 0 Å². The molecule has 3 aromatic heterocycles. The van der Waals surface area contributed by atoms with Crippen LogP contribution >= 0.6 is 0 Å². The van der Waals surface area contributed by atoms with E-state index < -0.39 is 0 Å². The van der Waals surface area contributed by atoms with E-state index in [9.17, 15) is 0 Å². The van der Waals surface area contributed by atoms with E-state index in [2.05, 4.69) is 25.1 Å². The largest absolute Gasteiger partial charge is 0.264 e. The Hall–Kier alpha value is -2.56. The molecule has 17 heavy (non-hydrogen) atoms. The highest BCUT2D eigenvalue weighted by molar-refractivity contribution is 5.57. The minimum Gasteiger partial charge on any atom is -0.264 e. The third-order valence-corrected chi connectivity index (χ3v) is 2.31. The maximum Gasteiger partial charge on any atom is 0.183 e. The van der Waals surface area contributed by atoms with Crippen LogP contribution in [-0.2, 0) is 0 Å². The van der Waals surface area contributed by atoms with Crippen molar-refractivity contribution in [3.05, 3.63) is 48.9 Å². The molecular weight excluding hydrogens is 214 g/mol. The maximum atomic E-state index is 4.38. The lowest BCUT2D eigenvalue weighted by atomic mass is 10.3. The molecule has 0 amide bonds. The molecule has 5 nitrogen and oxygen atoms in total. The second-order valence-corrected chi connectivity index (χ2v) is 3.46. The van der Waals surface area contributed by atoms with Gasteiger partial charge in [-0.15, -0.1) is 0 Å². The van der Waals surface area contributed by atoms with Crippen LogP contribution in [0.3, 0.4) is 0 Å². The third-order valence-electron chi connectivity index (χ3n) is 2.31. The molecular formula is C12H9N5. The van der Waals surface area contributed by atoms with Gasteiger partial charge in [0, 0.05) is 24.2 Å². The topological polar surface area (TPSA) is 67.3 Å². The van der Waals surface area contributed by atoms with Gasteiger partial charge in [0.15, 0.2) is 11.6 Å². The van der Waals surface area contributed by atoms with Gasteiger partial charge < -0.3 is 0 Å². The van der Waals surface area contributed by atoms with Gasteiger partial charge in [0.2, 0.25) is 0 Å². The fourth-order valence-corrected chi connectivity index (χ4v) is 1.50. The standard InChI is InChI=1S/C12H9N5/c1-2-7-14-10(5-1)12-15-11(16-17-12)9-4-3-6-13-8-9/h1-8H,(H,15,16,17). The van der Waals surface area contributed by atoms with Crippen molar-refractivity contribution in [1.29, 1.82) is 0 Å². The van der Waals surface area contributed by atoms with E-state index in [1.165, 1.54) is 0 Å². The van der Waals surface area contributed by atoms with Gasteiger partial charge in [-0.25, -0.2) is 4.98 Å². The van der Waals surface area contributed by atoms with Crippen molar-refractivity contribution in [1.82, 2.24) is 25.1 Å². The van der Waals surface area contributed by atoms with Crippen molar-refractivity contribution in [3.63, 3.8) is 0 Å². The van der Waals surface area contributed by atoms with Gasteiger partial charge in [-0.2, -0.15) is 5.10 Å². The van der Waals surface area contributed by atoms with E-state index >= 15 is 0 Å². The first-order valence-corrected chi connectivity index (χ1v) is 5.18. The van der Waals surface area contributed by atoms with Crippen molar-refractivity contribution in [2.24, 2.45) is 0 Å². The van der Waals surface area contributed by atoms with Crippen molar-refractivity contribution in [3.8, 4) is 22.9 Å². The van der Waals surface area contributed by atoms with Crippen LogP contribution in [0.1, 0.15) is 0 Å². The van der Waals surface area contributed by atoms with Crippen LogP contribution in [-0.4, -0.2) is 25.1 Å². The summed E-state index contributed by atoms with van der Waals surface area (Å²) in [7, 11) is 0. The summed E-state index contributed by atoms with van der Waals surface area (Å²) in [5.41, 5.74) is 1.65. The third kappa shape index (κ3) is 1.90. The molecule has 0 spiro atoms. The molecule has 3 heterocycles. The number of pyridine rings is 2. The van der Waals surface area contributed by atoms with Gasteiger partial charge in [0.05, 0.1) is 0 Å². The van der Waals surface area contributed by atoms with E-state index in [-0.39, 0.29) is 0 Å². The smallest absolute Gasteiger partial charge is 0.183 e. The molecule has 0 atom stereocenters. The molecule has 82 valence electrons. The zero-order chi connectivity index (χ0) is 11.5. The zero-order valence-corrected chi connectivity index (χ0v) is 8.91. The summed E-state index contributed by atoms with van der Waals surface area (Å²) < 4.78 is 0. The first-order chi connectivity index (χ1) is 8.43. The summed E-state index contributed by atoms with van der Waals surface area (Å²) in [6, 6.07) is 9.43. The predicted molar refractivity (Wildman–Crippen MR) is 62.8 cm³/mol. The van der Waals surface area contributed by atoms with E-state index in [4.69, 9.17) is 0 Å². The molecule has 0 radical (unpaired) electrons. The number of nitrogens with zero attached hydrogens (tertiary/aromatic N) is 4. The van der Waals surface area contributed by atoms with Crippen molar-refractivity contribution in [2.75, 3.05) is 0 Å². The Morgan fingerprint density at radius 3 is 2.76 bits per heavy atom. The van der Waals surface area contributed by atoms with Gasteiger partial charge in [-0.3, -0.25) is 15.1 Å². The number of rotatable bonds is 2. The average molecular weight is 223 g/mol. The average Bonchev–Trinajstić information content (AvgIpc) is 2.90. The number of hydrogen-bond donors (Lipinski definition) is 1. The van der Waals surface area contributed by atoms with E-state index in [0.717, 1.165) is 11.3 Å². The molecule has 1 N–H and O–H groups in total. The Labute approximate surface area is 97.6 Å². The summed E-state index contributed by atoms with van der Waals surface area (Å²) in [5, 5.41) is 7.02. The Balaban J connectivity index is 1.99. The Kier molecular flexibility index (Phi) is 2.34. The number of aromatic nitrogens is 5. The molecule has 5 heteroatoms. The monoisotopic (exact) mass is 223 g/mol. The quantitative estimate of drug-likeness (QED) is 0.720. The van der Waals surface area contributed by atoms with Crippen LogP contribution in [0.15, 0.2) is 48.9 Å². The fraction of sp³-hybridized carbons (Fsp3) is 0. The molecule has 3 aromatic rings. The molecule has 0 saturated carbocycles. The van der Waals surface area contributed by atoms with Gasteiger partial charge >= 0.3 is 0 Å². The molecule has 0 bridgehead atoms. The molecule has 0 aliphatic heterocycles. The van der Waals surface area contributed by atoms with E-state index in [0.29, 0.717) is 11.6 Å². The molecule has 0 aromatic carbocycles. The minimum atomic E-state index is 0.624. The summed E-state index contributed by atoms with van der Waals surface area (Å²) in [6.45, 7) is 0. The van der Waals surface area contributed by atoms with Crippen LogP contribution in [0.2, 0.25) is 0 Å². The summed E-state index contributed by atoms with van der Waals surface area (Å²) in [6.07, 6.45) is 5.17. The van der Waals surface area contributed by atoms with Gasteiger partial charge in [-0.1, -0.05) is 6.07 Å². The van der Waals surface area contributed by atoms with Crippen LogP contribution in [0.5, 0.6) is 0 Å². The summed E-state index contributed by atoms with van der Waals surface area (Å²) in [5.74, 6) is 1.28. The lowest BCUT2D eigenvalue weighted by Gasteiger charge is -1.92. The number of hydrogen-bond acceptors (Lipinski definition) is 4. The lowest BCUT2D eigenvalue weighted by molar-refractivity contribution is 1.09. The Morgan fingerprint density at radius 2 is 2.00 bits per heavy atom. The van der Waals surface area contributed by atoms with Crippen LogP contribution in [0.4, 0.5) is 0 Å². The zero-order valence-electron chi connectivity index (χ0n) is 8.91. The first-order valence-electron chi connectivity index (χ1n) is 5.18. The Morgan fingerprint density at radius 1 is 1.00 bits per heavy atom. The van der Waals surface area contributed by atoms with Crippen molar-refractivity contribution < 1.29 is 0 Å².